The van der Waals surface area contributed by atoms with Gasteiger partial charge in [-0.1, -0.05) is 13.8 Å². The highest BCUT2D eigenvalue weighted by Crippen LogP contribution is 1.98. The molecule has 0 saturated carbocycles. The molecule has 0 fully saturated rings. The van der Waals surface area contributed by atoms with Crippen LogP contribution >= 0.6 is 0 Å². The van der Waals surface area contributed by atoms with Crippen molar-refractivity contribution in [1.29, 1.82) is 0 Å². The second-order valence-corrected chi connectivity index (χ2v) is 3.74. The fourth-order valence-electron chi connectivity index (χ4n) is 0.868. The van der Waals surface area contributed by atoms with E-state index >= 15 is 0 Å². The molecule has 0 heterocycles. The molecule has 0 rings (SSSR count). The number of carbonyl (C=O) groups excluding carboxylic acids is 1. The van der Waals surface area contributed by atoms with Crippen LogP contribution in [0.1, 0.15) is 33.1 Å². The van der Waals surface area contributed by atoms with Crippen molar-refractivity contribution in [3.8, 4) is 0 Å². The quantitative estimate of drug-likeness (QED) is 0.635. The van der Waals surface area contributed by atoms with Gasteiger partial charge in [0.15, 0.2) is 0 Å². The van der Waals surface area contributed by atoms with Crippen molar-refractivity contribution in [2.45, 2.75) is 33.1 Å². The van der Waals surface area contributed by atoms with E-state index in [1.807, 2.05) is 13.8 Å². The van der Waals surface area contributed by atoms with Crippen molar-refractivity contribution in [1.82, 2.24) is 5.32 Å². The average molecular weight is 217 g/mol. The molecule has 88 valence electrons. The highest BCUT2D eigenvalue weighted by atomic mass is 16.5. The van der Waals surface area contributed by atoms with Gasteiger partial charge in [0.1, 0.15) is 0 Å². The molecule has 5 nitrogen and oxygen atoms in total. The number of rotatable bonds is 7. The van der Waals surface area contributed by atoms with Crippen LogP contribution in [0.4, 0.5) is 4.79 Å². The first-order valence-electron chi connectivity index (χ1n) is 5.14. The second-order valence-electron chi connectivity index (χ2n) is 3.74. The monoisotopic (exact) mass is 217 g/mol. The van der Waals surface area contributed by atoms with E-state index in [0.717, 1.165) is 6.42 Å². The summed E-state index contributed by atoms with van der Waals surface area (Å²) in [5.74, 6) is -0.352. The molecule has 0 aromatic rings. The van der Waals surface area contributed by atoms with E-state index in [1.54, 1.807) is 0 Å². The average Bonchev–Trinajstić information content (AvgIpc) is 2.11. The zero-order valence-electron chi connectivity index (χ0n) is 9.28. The van der Waals surface area contributed by atoms with Gasteiger partial charge in [0, 0.05) is 13.0 Å². The maximum atomic E-state index is 11.0. The number of alkyl carbamates (subject to hydrolysis) is 1. The highest BCUT2D eigenvalue weighted by Gasteiger charge is 2.02. The van der Waals surface area contributed by atoms with Crippen LogP contribution in [0.2, 0.25) is 0 Å². The van der Waals surface area contributed by atoms with Gasteiger partial charge in [-0.25, -0.2) is 4.79 Å². The molecule has 0 aliphatic rings. The first-order chi connectivity index (χ1) is 7.02. The van der Waals surface area contributed by atoms with Gasteiger partial charge in [-0.3, -0.25) is 4.79 Å². The van der Waals surface area contributed by atoms with E-state index in [2.05, 4.69) is 5.32 Å². The van der Waals surface area contributed by atoms with E-state index in [0.29, 0.717) is 25.5 Å². The Bertz CT molecular complexity index is 204. The molecule has 0 radical (unpaired) electrons. The van der Waals surface area contributed by atoms with E-state index in [-0.39, 0.29) is 6.42 Å². The Kier molecular flexibility index (Phi) is 7.40. The number of ether oxygens (including phenoxy) is 1. The van der Waals surface area contributed by atoms with Crippen LogP contribution in [0.15, 0.2) is 0 Å². The van der Waals surface area contributed by atoms with Gasteiger partial charge in [-0.05, 0) is 18.8 Å². The van der Waals surface area contributed by atoms with Crippen LogP contribution in [0.5, 0.6) is 0 Å². The van der Waals surface area contributed by atoms with Crippen LogP contribution in [0.3, 0.4) is 0 Å². The van der Waals surface area contributed by atoms with Gasteiger partial charge in [-0.15, -0.1) is 0 Å². The summed E-state index contributed by atoms with van der Waals surface area (Å²) in [6.45, 7) is 4.84. The minimum Gasteiger partial charge on any atom is -0.481 e. The summed E-state index contributed by atoms with van der Waals surface area (Å²) in [5.41, 5.74) is 0. The van der Waals surface area contributed by atoms with E-state index in [9.17, 15) is 9.59 Å². The first kappa shape index (κ1) is 13.7. The standard InChI is InChI=1S/C10H19NO4/c1-8(2)5-7-15-10(14)11-6-3-4-9(12)13/h8H,3-7H2,1-2H3,(H,11,14)(H,12,13). The van der Waals surface area contributed by atoms with Crippen molar-refractivity contribution in [2.24, 2.45) is 5.92 Å². The van der Waals surface area contributed by atoms with Crippen molar-refractivity contribution >= 4 is 12.1 Å². The molecule has 0 atom stereocenters. The summed E-state index contributed by atoms with van der Waals surface area (Å²) in [6.07, 6.45) is 0.852. The van der Waals surface area contributed by atoms with E-state index in [4.69, 9.17) is 9.84 Å². The minimum atomic E-state index is -0.857. The number of hydrogen-bond acceptors (Lipinski definition) is 3. The van der Waals surface area contributed by atoms with E-state index < -0.39 is 12.1 Å². The summed E-state index contributed by atoms with van der Waals surface area (Å²) in [4.78, 5) is 21.1. The molecule has 0 spiro atoms. The third-order valence-corrected chi connectivity index (χ3v) is 1.77. The van der Waals surface area contributed by atoms with Crippen molar-refractivity contribution in [3.05, 3.63) is 0 Å². The molecule has 5 heteroatoms. The molecule has 0 aliphatic heterocycles. The molecule has 0 aromatic carbocycles. The maximum Gasteiger partial charge on any atom is 0.407 e. The number of carboxylic acid groups (broad SMARTS) is 1. The van der Waals surface area contributed by atoms with Crippen LogP contribution < -0.4 is 5.32 Å². The third-order valence-electron chi connectivity index (χ3n) is 1.77. The normalized spacial score (nSPS) is 10.1. The van der Waals surface area contributed by atoms with Crippen LogP contribution in [0.25, 0.3) is 0 Å². The lowest BCUT2D eigenvalue weighted by atomic mass is 10.1. The Morgan fingerprint density at radius 1 is 1.40 bits per heavy atom. The molecule has 0 aliphatic carbocycles. The molecule has 0 aromatic heterocycles. The lowest BCUT2D eigenvalue weighted by Crippen LogP contribution is -2.26. The van der Waals surface area contributed by atoms with Gasteiger partial charge in [0.05, 0.1) is 6.61 Å². The molecule has 0 saturated heterocycles. The van der Waals surface area contributed by atoms with Gasteiger partial charge in [0.25, 0.3) is 0 Å². The minimum absolute atomic E-state index is 0.0618. The van der Waals surface area contributed by atoms with Gasteiger partial charge in [0.2, 0.25) is 0 Å². The molecule has 15 heavy (non-hydrogen) atoms. The van der Waals surface area contributed by atoms with Crippen molar-refractivity contribution < 1.29 is 19.4 Å². The van der Waals surface area contributed by atoms with Crippen LogP contribution in [0, 0.1) is 5.92 Å². The summed E-state index contributed by atoms with van der Waals surface area (Å²) in [5, 5.41) is 10.8. The number of aliphatic carboxylic acids is 1. The Hall–Kier alpha value is -1.26. The van der Waals surface area contributed by atoms with Crippen LogP contribution in [-0.4, -0.2) is 30.3 Å². The Morgan fingerprint density at radius 2 is 2.07 bits per heavy atom. The number of amides is 1. The predicted octanol–water partition coefficient (Wildman–Crippen LogP) is 1.62. The molecule has 1 amide bonds. The number of nitrogens with one attached hydrogen (secondary N) is 1. The Balaban J connectivity index is 3.30. The molecule has 0 unspecified atom stereocenters. The molecular formula is C10H19NO4. The third kappa shape index (κ3) is 10.7. The lowest BCUT2D eigenvalue weighted by molar-refractivity contribution is -0.137. The van der Waals surface area contributed by atoms with Crippen molar-refractivity contribution in [3.63, 3.8) is 0 Å². The topological polar surface area (TPSA) is 75.6 Å². The van der Waals surface area contributed by atoms with E-state index in [1.165, 1.54) is 0 Å². The van der Waals surface area contributed by atoms with Gasteiger partial charge >= 0.3 is 12.1 Å². The molecule has 2 N–H and O–H groups in total. The van der Waals surface area contributed by atoms with Crippen molar-refractivity contribution in [2.75, 3.05) is 13.2 Å². The largest absolute Gasteiger partial charge is 0.481 e. The molecule has 0 bridgehead atoms. The second kappa shape index (κ2) is 8.08. The highest BCUT2D eigenvalue weighted by molar-refractivity contribution is 5.68. The van der Waals surface area contributed by atoms with Gasteiger partial charge in [-0.2, -0.15) is 0 Å². The predicted molar refractivity (Wildman–Crippen MR) is 55.7 cm³/mol. The zero-order valence-corrected chi connectivity index (χ0v) is 9.28. The number of carbonyl (C=O) groups is 2. The number of carboxylic acids is 1. The van der Waals surface area contributed by atoms with Crippen LogP contribution in [-0.2, 0) is 9.53 Å². The fraction of sp³-hybridized carbons (Fsp3) is 0.800. The smallest absolute Gasteiger partial charge is 0.407 e. The lowest BCUT2D eigenvalue weighted by Gasteiger charge is -2.07. The summed E-state index contributed by atoms with van der Waals surface area (Å²) >= 11 is 0. The SMILES string of the molecule is CC(C)CCOC(=O)NCCCC(=O)O. The van der Waals surface area contributed by atoms with Gasteiger partial charge < -0.3 is 15.2 Å². The Morgan fingerprint density at radius 3 is 2.60 bits per heavy atom. The maximum absolute atomic E-state index is 11.0. The summed E-state index contributed by atoms with van der Waals surface area (Å²) in [7, 11) is 0. The molecular weight excluding hydrogens is 198 g/mol. The Labute approximate surface area is 89.8 Å². The zero-order chi connectivity index (χ0) is 11.7. The summed E-state index contributed by atoms with van der Waals surface area (Å²) < 4.78 is 4.86. The summed E-state index contributed by atoms with van der Waals surface area (Å²) in [6, 6.07) is 0. The number of hydrogen-bond donors (Lipinski definition) is 2. The first-order valence-corrected chi connectivity index (χ1v) is 5.14. The fourth-order valence-corrected chi connectivity index (χ4v) is 0.868.